The van der Waals surface area contributed by atoms with Crippen LogP contribution in [-0.2, 0) is 4.79 Å². The highest BCUT2D eigenvalue weighted by molar-refractivity contribution is 5.92. The SMILES string of the molecule is C=C(C)C(=O)NCC(CCC)c1ccc(O)c(O)c1. The molecule has 0 saturated carbocycles. The Hall–Kier alpha value is -1.97. The number of phenolic OH excluding ortho intramolecular Hbond substituents is 2. The van der Waals surface area contributed by atoms with E-state index in [9.17, 15) is 15.0 Å². The first-order valence-electron chi connectivity index (χ1n) is 6.41. The van der Waals surface area contributed by atoms with E-state index in [1.54, 1.807) is 19.1 Å². The van der Waals surface area contributed by atoms with Crippen molar-refractivity contribution in [3.63, 3.8) is 0 Å². The van der Waals surface area contributed by atoms with Crippen molar-refractivity contribution in [1.29, 1.82) is 0 Å². The first kappa shape index (κ1) is 15.1. The molecule has 4 heteroatoms. The molecule has 1 atom stereocenters. The minimum absolute atomic E-state index is 0.111. The van der Waals surface area contributed by atoms with Gasteiger partial charge < -0.3 is 15.5 Å². The van der Waals surface area contributed by atoms with Gasteiger partial charge in [0.15, 0.2) is 11.5 Å². The van der Waals surface area contributed by atoms with E-state index in [1.165, 1.54) is 6.07 Å². The second-order valence-electron chi connectivity index (χ2n) is 4.72. The number of hydrogen-bond acceptors (Lipinski definition) is 3. The molecule has 0 aliphatic carbocycles. The average Bonchev–Trinajstić information content (AvgIpc) is 2.37. The molecule has 1 aromatic rings. The molecule has 1 rings (SSSR count). The molecule has 0 radical (unpaired) electrons. The normalized spacial score (nSPS) is 11.9. The molecule has 0 spiro atoms. The second-order valence-corrected chi connectivity index (χ2v) is 4.72. The fourth-order valence-corrected chi connectivity index (χ4v) is 1.90. The van der Waals surface area contributed by atoms with Gasteiger partial charge in [0.2, 0.25) is 5.91 Å². The number of carbonyl (C=O) groups is 1. The number of phenols is 2. The summed E-state index contributed by atoms with van der Waals surface area (Å²) in [5, 5.41) is 21.7. The van der Waals surface area contributed by atoms with Gasteiger partial charge in [0.05, 0.1) is 0 Å². The molecule has 0 heterocycles. The van der Waals surface area contributed by atoms with Crippen molar-refractivity contribution in [1.82, 2.24) is 5.32 Å². The minimum atomic E-state index is -0.163. The quantitative estimate of drug-likeness (QED) is 0.546. The third-order valence-electron chi connectivity index (χ3n) is 3.00. The maximum atomic E-state index is 11.5. The molecule has 4 nitrogen and oxygen atoms in total. The summed E-state index contributed by atoms with van der Waals surface area (Å²) in [7, 11) is 0. The summed E-state index contributed by atoms with van der Waals surface area (Å²) in [6.45, 7) is 7.81. The van der Waals surface area contributed by atoms with Crippen molar-refractivity contribution >= 4 is 5.91 Å². The Morgan fingerprint density at radius 2 is 2.05 bits per heavy atom. The molecule has 1 unspecified atom stereocenters. The molecule has 0 bridgehead atoms. The molecule has 19 heavy (non-hydrogen) atoms. The lowest BCUT2D eigenvalue weighted by molar-refractivity contribution is -0.117. The van der Waals surface area contributed by atoms with Crippen LogP contribution >= 0.6 is 0 Å². The molecule has 104 valence electrons. The first-order valence-corrected chi connectivity index (χ1v) is 6.41. The Labute approximate surface area is 113 Å². The number of hydrogen-bond donors (Lipinski definition) is 3. The van der Waals surface area contributed by atoms with Gasteiger partial charge in [-0.1, -0.05) is 26.0 Å². The van der Waals surface area contributed by atoms with Crippen LogP contribution in [-0.4, -0.2) is 22.7 Å². The lowest BCUT2D eigenvalue weighted by Crippen LogP contribution is -2.28. The van der Waals surface area contributed by atoms with E-state index in [0.29, 0.717) is 12.1 Å². The number of rotatable bonds is 6. The minimum Gasteiger partial charge on any atom is -0.504 e. The van der Waals surface area contributed by atoms with Crippen LogP contribution in [0.3, 0.4) is 0 Å². The van der Waals surface area contributed by atoms with Crippen LogP contribution in [0.4, 0.5) is 0 Å². The second kappa shape index (κ2) is 6.83. The molecule has 0 saturated heterocycles. The lowest BCUT2D eigenvalue weighted by atomic mass is 9.94. The fourth-order valence-electron chi connectivity index (χ4n) is 1.90. The fraction of sp³-hybridized carbons (Fsp3) is 0.400. The summed E-state index contributed by atoms with van der Waals surface area (Å²) in [5.74, 6) is -0.321. The third-order valence-corrected chi connectivity index (χ3v) is 3.00. The number of nitrogens with one attached hydrogen (secondary N) is 1. The molecule has 3 N–H and O–H groups in total. The Bertz CT molecular complexity index is 468. The Morgan fingerprint density at radius 1 is 1.37 bits per heavy atom. The Kier molecular flexibility index (Phi) is 5.42. The van der Waals surface area contributed by atoms with E-state index in [4.69, 9.17) is 0 Å². The predicted molar refractivity (Wildman–Crippen MR) is 75.2 cm³/mol. The van der Waals surface area contributed by atoms with Gasteiger partial charge >= 0.3 is 0 Å². The monoisotopic (exact) mass is 263 g/mol. The van der Waals surface area contributed by atoms with Gasteiger partial charge in [0.1, 0.15) is 0 Å². The molecule has 1 aromatic carbocycles. The van der Waals surface area contributed by atoms with Gasteiger partial charge in [-0.05, 0) is 31.0 Å². The third kappa shape index (κ3) is 4.32. The maximum Gasteiger partial charge on any atom is 0.246 e. The Balaban J connectivity index is 2.78. The van der Waals surface area contributed by atoms with E-state index < -0.39 is 0 Å². The molecular formula is C15H21NO3. The van der Waals surface area contributed by atoms with Gasteiger partial charge in [-0.2, -0.15) is 0 Å². The van der Waals surface area contributed by atoms with E-state index in [0.717, 1.165) is 18.4 Å². The maximum absolute atomic E-state index is 11.5. The molecule has 0 aliphatic heterocycles. The standard InChI is InChI=1S/C15H21NO3/c1-4-5-12(9-16-15(19)10(2)3)11-6-7-13(17)14(18)8-11/h6-8,12,17-18H,2,4-5,9H2,1,3H3,(H,16,19). The van der Waals surface area contributed by atoms with Crippen molar-refractivity contribution in [2.45, 2.75) is 32.6 Å². The molecule has 1 amide bonds. The van der Waals surface area contributed by atoms with Gasteiger partial charge in [-0.3, -0.25) is 4.79 Å². The van der Waals surface area contributed by atoms with Gasteiger partial charge in [-0.25, -0.2) is 0 Å². The van der Waals surface area contributed by atoms with Crippen LogP contribution in [0.25, 0.3) is 0 Å². The summed E-state index contributed by atoms with van der Waals surface area (Å²) in [4.78, 5) is 11.5. The first-order chi connectivity index (χ1) is 8.95. The van der Waals surface area contributed by atoms with Crippen LogP contribution in [0.2, 0.25) is 0 Å². The highest BCUT2D eigenvalue weighted by Crippen LogP contribution is 2.30. The number of benzene rings is 1. The molecule has 0 aromatic heterocycles. The largest absolute Gasteiger partial charge is 0.504 e. The zero-order valence-electron chi connectivity index (χ0n) is 11.4. The van der Waals surface area contributed by atoms with Gasteiger partial charge in [0.25, 0.3) is 0 Å². The van der Waals surface area contributed by atoms with Crippen molar-refractivity contribution in [2.75, 3.05) is 6.54 Å². The van der Waals surface area contributed by atoms with Crippen LogP contribution < -0.4 is 5.32 Å². The summed E-state index contributed by atoms with van der Waals surface area (Å²) in [6, 6.07) is 4.78. The number of amides is 1. The summed E-state index contributed by atoms with van der Waals surface area (Å²) >= 11 is 0. The van der Waals surface area contributed by atoms with Crippen LogP contribution in [0.5, 0.6) is 11.5 Å². The van der Waals surface area contributed by atoms with Crippen molar-refractivity contribution in [2.24, 2.45) is 0 Å². The highest BCUT2D eigenvalue weighted by atomic mass is 16.3. The van der Waals surface area contributed by atoms with Crippen LogP contribution in [0.15, 0.2) is 30.4 Å². The van der Waals surface area contributed by atoms with Crippen LogP contribution in [0.1, 0.15) is 38.2 Å². The molecule has 0 aliphatic rings. The van der Waals surface area contributed by atoms with Crippen molar-refractivity contribution in [3.05, 3.63) is 35.9 Å². The molecule has 0 fully saturated rings. The predicted octanol–water partition coefficient (Wildman–Crippen LogP) is 2.67. The van der Waals surface area contributed by atoms with Gasteiger partial charge in [0, 0.05) is 18.0 Å². The van der Waals surface area contributed by atoms with E-state index in [-0.39, 0.29) is 23.3 Å². The highest BCUT2D eigenvalue weighted by Gasteiger charge is 2.14. The lowest BCUT2D eigenvalue weighted by Gasteiger charge is -2.18. The van der Waals surface area contributed by atoms with Gasteiger partial charge in [-0.15, -0.1) is 0 Å². The summed E-state index contributed by atoms with van der Waals surface area (Å²) in [5.41, 5.74) is 1.38. The van der Waals surface area contributed by atoms with E-state index in [2.05, 4.69) is 18.8 Å². The van der Waals surface area contributed by atoms with Crippen molar-refractivity contribution in [3.8, 4) is 11.5 Å². The van der Waals surface area contributed by atoms with Crippen LogP contribution in [0, 0.1) is 0 Å². The van der Waals surface area contributed by atoms with Crippen molar-refractivity contribution < 1.29 is 15.0 Å². The zero-order valence-corrected chi connectivity index (χ0v) is 11.4. The molecular weight excluding hydrogens is 242 g/mol. The van der Waals surface area contributed by atoms with E-state index >= 15 is 0 Å². The number of aromatic hydroxyl groups is 2. The van der Waals surface area contributed by atoms with E-state index in [1.807, 2.05) is 0 Å². The summed E-state index contributed by atoms with van der Waals surface area (Å²) < 4.78 is 0. The average molecular weight is 263 g/mol. The Morgan fingerprint density at radius 3 is 2.58 bits per heavy atom. The summed E-state index contributed by atoms with van der Waals surface area (Å²) in [6.07, 6.45) is 1.86. The number of carbonyl (C=O) groups excluding carboxylic acids is 1. The smallest absolute Gasteiger partial charge is 0.246 e. The topological polar surface area (TPSA) is 69.6 Å². The zero-order chi connectivity index (χ0) is 14.4.